The third-order valence-corrected chi connectivity index (χ3v) is 8.47. The number of H-pyrrole nitrogens is 1. The molecule has 0 radical (unpaired) electrons. The number of carboxylic acids is 1. The number of aliphatic carboxylic acids is 1. The predicted octanol–water partition coefficient (Wildman–Crippen LogP) is 5.40. The molecule has 3 aromatic heterocycles. The number of rotatable bonds is 2. The smallest absolute Gasteiger partial charge is 0.490 e. The molecule has 15 heteroatoms. The number of hydrogen-bond donors (Lipinski definition) is 3. The molecule has 5 heterocycles. The van der Waals surface area contributed by atoms with Crippen molar-refractivity contribution in [1.29, 1.82) is 0 Å². The second-order valence-electron chi connectivity index (χ2n) is 9.64. The molecule has 0 amide bonds. The van der Waals surface area contributed by atoms with Crippen LogP contribution in [-0.2, 0) is 14.8 Å². The lowest BCUT2D eigenvalue weighted by Gasteiger charge is -2.14. The van der Waals surface area contributed by atoms with Crippen molar-refractivity contribution in [1.82, 2.24) is 19.3 Å². The van der Waals surface area contributed by atoms with Crippen LogP contribution in [0.3, 0.4) is 0 Å². The van der Waals surface area contributed by atoms with Crippen LogP contribution in [0.15, 0.2) is 95.7 Å². The standard InChI is InChI=1S/C17H17N3O3S.C11H8N2O.C2HF3O2/c1-12-17-14-6-9-20(24(21,22)13-3-2-7-18-11-13)15(14)4-5-16(17)23-10-8-19-12;1-2-11-9(7-12-5-6-14-11)8-3-4-13-10(1)8;3-2(4,5)1(6)7/h2-7,9,11-12,19H,8,10H2,1H3;1-7,13H;(H,6,7). The summed E-state index contributed by atoms with van der Waals surface area (Å²) in [7, 11) is -3.68. The van der Waals surface area contributed by atoms with Gasteiger partial charge in [0.25, 0.3) is 10.0 Å². The highest BCUT2D eigenvalue weighted by atomic mass is 32.2. The van der Waals surface area contributed by atoms with Crippen LogP contribution in [-0.4, -0.2) is 59.0 Å². The average molecular weight is 642 g/mol. The van der Waals surface area contributed by atoms with Crippen molar-refractivity contribution in [3.8, 4) is 11.5 Å². The van der Waals surface area contributed by atoms with Gasteiger partial charge >= 0.3 is 12.1 Å². The van der Waals surface area contributed by atoms with Gasteiger partial charge in [-0.15, -0.1) is 0 Å². The lowest BCUT2D eigenvalue weighted by Crippen LogP contribution is -2.21. The Kier molecular flexibility index (Phi) is 8.92. The zero-order valence-corrected chi connectivity index (χ0v) is 24.3. The number of halogens is 3. The van der Waals surface area contributed by atoms with Gasteiger partial charge in [-0.3, -0.25) is 9.98 Å². The summed E-state index contributed by atoms with van der Waals surface area (Å²) in [6.07, 6.45) is 6.37. The molecule has 0 bridgehead atoms. The minimum atomic E-state index is -5.08. The first-order valence-electron chi connectivity index (χ1n) is 13.4. The van der Waals surface area contributed by atoms with E-state index in [2.05, 4.69) is 27.2 Å². The van der Waals surface area contributed by atoms with Crippen LogP contribution in [0, 0.1) is 0 Å². The van der Waals surface area contributed by atoms with Crippen LogP contribution in [0.2, 0.25) is 0 Å². The summed E-state index contributed by atoms with van der Waals surface area (Å²) in [5, 5.41) is 12.5. The van der Waals surface area contributed by atoms with Gasteiger partial charge in [0.15, 0.2) is 0 Å². The molecule has 1 unspecified atom stereocenters. The van der Waals surface area contributed by atoms with Gasteiger partial charge in [-0.2, -0.15) is 13.2 Å². The number of alkyl halides is 3. The molecule has 7 rings (SSSR count). The molecule has 45 heavy (non-hydrogen) atoms. The Bertz CT molecular complexity index is 2000. The van der Waals surface area contributed by atoms with Crippen molar-refractivity contribution < 1.29 is 41.0 Å². The minimum Gasteiger partial charge on any atom is -0.492 e. The number of aliphatic imine (C=N–C) groups is 1. The van der Waals surface area contributed by atoms with Crippen molar-refractivity contribution in [2.45, 2.75) is 24.0 Å². The Morgan fingerprint density at radius 3 is 2.60 bits per heavy atom. The summed E-state index contributed by atoms with van der Waals surface area (Å²) in [4.78, 5) is 20.2. The van der Waals surface area contributed by atoms with Crippen molar-refractivity contribution >= 4 is 44.0 Å². The number of carboxylic acid groups (broad SMARTS) is 1. The molecule has 2 aliphatic heterocycles. The largest absolute Gasteiger partial charge is 0.492 e. The first-order chi connectivity index (χ1) is 21.5. The topological polar surface area (TPSA) is 148 Å². The Hall–Kier alpha value is -5.15. The highest BCUT2D eigenvalue weighted by Gasteiger charge is 2.38. The molecule has 5 aromatic rings. The second-order valence-corrected chi connectivity index (χ2v) is 11.5. The molecule has 2 aliphatic rings. The monoisotopic (exact) mass is 641 g/mol. The van der Waals surface area contributed by atoms with Crippen LogP contribution in [0.1, 0.15) is 24.1 Å². The molecule has 0 fully saturated rings. The highest BCUT2D eigenvalue weighted by molar-refractivity contribution is 7.90. The van der Waals surface area contributed by atoms with E-state index in [0.29, 0.717) is 12.1 Å². The van der Waals surface area contributed by atoms with E-state index in [-0.39, 0.29) is 10.9 Å². The maximum Gasteiger partial charge on any atom is 0.490 e. The fourth-order valence-electron chi connectivity index (χ4n) is 4.76. The number of aromatic nitrogens is 3. The van der Waals surface area contributed by atoms with Gasteiger partial charge in [0.2, 0.25) is 0 Å². The molecular weight excluding hydrogens is 615 g/mol. The third kappa shape index (κ3) is 6.68. The molecule has 0 saturated carbocycles. The summed E-state index contributed by atoms with van der Waals surface area (Å²) in [6, 6.07) is 14.7. The maximum absolute atomic E-state index is 12.9. The van der Waals surface area contributed by atoms with Crippen LogP contribution >= 0.6 is 0 Å². The zero-order valence-electron chi connectivity index (χ0n) is 23.5. The number of nitrogens with one attached hydrogen (secondary N) is 2. The number of pyridine rings is 1. The number of nitrogens with zero attached hydrogens (tertiary/aromatic N) is 3. The number of carbonyl (C=O) groups is 1. The van der Waals surface area contributed by atoms with Gasteiger partial charge in [-0.1, -0.05) is 0 Å². The second kappa shape index (κ2) is 12.8. The SMILES string of the molecule is C1=COc2ccc3[nH]ccc3c2C=N1.CC1NCCOc2ccc3c(ccn3S(=O)(=O)c3cccnc3)c21.O=C(O)C(F)(F)F. The van der Waals surface area contributed by atoms with Gasteiger partial charge < -0.3 is 24.9 Å². The molecule has 1 atom stereocenters. The van der Waals surface area contributed by atoms with E-state index >= 15 is 0 Å². The van der Waals surface area contributed by atoms with E-state index in [1.54, 1.807) is 43.1 Å². The Balaban J connectivity index is 0.000000160. The Morgan fingerprint density at radius 2 is 1.87 bits per heavy atom. The maximum atomic E-state index is 12.9. The lowest BCUT2D eigenvalue weighted by atomic mass is 10.0. The Labute approximate surface area is 254 Å². The normalized spacial score (nSPS) is 15.6. The van der Waals surface area contributed by atoms with E-state index in [4.69, 9.17) is 19.4 Å². The van der Waals surface area contributed by atoms with Gasteiger partial charge in [-0.25, -0.2) is 17.2 Å². The number of fused-ring (bicyclic) bond motifs is 6. The molecular formula is C30H26F3N5O6S. The summed E-state index contributed by atoms with van der Waals surface area (Å²) in [6.45, 7) is 3.41. The molecule has 0 aliphatic carbocycles. The van der Waals surface area contributed by atoms with E-state index in [9.17, 15) is 21.6 Å². The van der Waals surface area contributed by atoms with Gasteiger partial charge in [0.05, 0.1) is 11.7 Å². The number of ether oxygens (including phenoxy) is 2. The van der Waals surface area contributed by atoms with Crippen molar-refractivity contribution in [3.05, 3.63) is 96.9 Å². The third-order valence-electron chi connectivity index (χ3n) is 6.80. The quantitative estimate of drug-likeness (QED) is 0.232. The summed E-state index contributed by atoms with van der Waals surface area (Å²) < 4.78 is 70.0. The summed E-state index contributed by atoms with van der Waals surface area (Å²) >= 11 is 0. The Morgan fingerprint density at radius 1 is 1.09 bits per heavy atom. The van der Waals surface area contributed by atoms with E-state index in [0.717, 1.165) is 45.5 Å². The summed E-state index contributed by atoms with van der Waals surface area (Å²) in [5.41, 5.74) is 3.75. The van der Waals surface area contributed by atoms with Crippen LogP contribution in [0.4, 0.5) is 13.2 Å². The number of aromatic amines is 1. The molecule has 3 N–H and O–H groups in total. The van der Waals surface area contributed by atoms with Crippen molar-refractivity contribution in [2.75, 3.05) is 13.2 Å². The first kappa shape index (κ1) is 31.3. The van der Waals surface area contributed by atoms with E-state index in [1.165, 1.54) is 10.2 Å². The number of benzene rings is 2. The molecule has 0 spiro atoms. The fourth-order valence-corrected chi connectivity index (χ4v) is 6.07. The molecule has 11 nitrogen and oxygen atoms in total. The van der Waals surface area contributed by atoms with Crippen molar-refractivity contribution in [2.24, 2.45) is 4.99 Å². The fraction of sp³-hybridized carbons (Fsp3) is 0.167. The van der Waals surface area contributed by atoms with Gasteiger partial charge in [-0.05, 0) is 55.5 Å². The van der Waals surface area contributed by atoms with Crippen molar-refractivity contribution in [3.63, 3.8) is 0 Å². The highest BCUT2D eigenvalue weighted by Crippen LogP contribution is 2.36. The van der Waals surface area contributed by atoms with Crippen LogP contribution in [0.5, 0.6) is 11.5 Å². The van der Waals surface area contributed by atoms with E-state index in [1.807, 2.05) is 42.7 Å². The average Bonchev–Trinajstić information content (AvgIpc) is 3.55. The molecule has 234 valence electrons. The lowest BCUT2D eigenvalue weighted by molar-refractivity contribution is -0.192. The van der Waals surface area contributed by atoms with E-state index < -0.39 is 22.2 Å². The first-order valence-corrected chi connectivity index (χ1v) is 14.8. The van der Waals surface area contributed by atoms with Crippen LogP contribution in [0.25, 0.3) is 21.8 Å². The zero-order chi connectivity index (χ0) is 32.2. The van der Waals surface area contributed by atoms with Crippen LogP contribution < -0.4 is 14.8 Å². The summed E-state index contributed by atoms with van der Waals surface area (Å²) in [5.74, 6) is -1.11. The van der Waals surface area contributed by atoms with Gasteiger partial charge in [0.1, 0.15) is 29.3 Å². The number of hydrogen-bond acceptors (Lipinski definition) is 8. The molecule has 2 aromatic carbocycles. The minimum absolute atomic E-state index is 0.0862. The predicted molar refractivity (Wildman–Crippen MR) is 160 cm³/mol. The molecule has 0 saturated heterocycles. The van der Waals surface area contributed by atoms with Gasteiger partial charge in [0, 0.05) is 71.0 Å².